The number of carbonyl (C=O) groups is 1. The maximum absolute atomic E-state index is 11.5. The number of pyridine rings is 1. The molecule has 216 valence electrons. The second-order valence-electron chi connectivity index (χ2n) is 11.7. The van der Waals surface area contributed by atoms with Crippen LogP contribution in [0.15, 0.2) is 78.9 Å². The van der Waals surface area contributed by atoms with Crippen molar-refractivity contribution in [2.75, 3.05) is 5.75 Å². The first-order valence-electron chi connectivity index (χ1n) is 14.1. The molecule has 0 bridgehead atoms. The van der Waals surface area contributed by atoms with Gasteiger partial charge in [0.15, 0.2) is 0 Å². The summed E-state index contributed by atoms with van der Waals surface area (Å²) in [5.74, 6) is 0.122. The average Bonchev–Trinajstić information content (AvgIpc) is 3.70. The number of benzene rings is 3. The minimum atomic E-state index is -0.911. The van der Waals surface area contributed by atoms with Gasteiger partial charge in [-0.15, -0.1) is 0 Å². The van der Waals surface area contributed by atoms with E-state index in [0.29, 0.717) is 5.02 Å². The number of rotatable bonds is 12. The third kappa shape index (κ3) is 10.2. The van der Waals surface area contributed by atoms with E-state index >= 15 is 0 Å². The fourth-order valence-corrected chi connectivity index (χ4v) is 7.09. The third-order valence-electron chi connectivity index (χ3n) is 7.83. The van der Waals surface area contributed by atoms with Crippen LogP contribution >= 0.6 is 23.4 Å². The molecule has 1 heterocycles. The Labute approximate surface area is 308 Å². The molecule has 4 aromatic rings. The van der Waals surface area contributed by atoms with E-state index in [4.69, 9.17) is 16.6 Å². The van der Waals surface area contributed by atoms with Crippen molar-refractivity contribution in [3.63, 3.8) is 0 Å². The van der Waals surface area contributed by atoms with Crippen molar-refractivity contribution in [2.45, 2.75) is 56.8 Å². The molecule has 0 radical (unpaired) electrons. The van der Waals surface area contributed by atoms with Gasteiger partial charge in [0.1, 0.15) is 0 Å². The molecule has 3 aromatic carbocycles. The molecule has 0 spiro atoms. The first kappa shape index (κ1) is 36.3. The SMILES string of the molecule is CC(C)(O)c1ccccc1CC[C@@H](SCC1(CC(=O)O)CC1)c1cccc(/C=C/c2ccc3ccc(Cl)cc3n2)c1.[NaH].[NaH]. The van der Waals surface area contributed by atoms with Gasteiger partial charge in [-0.3, -0.25) is 4.79 Å². The van der Waals surface area contributed by atoms with Gasteiger partial charge in [-0.2, -0.15) is 11.8 Å². The van der Waals surface area contributed by atoms with E-state index in [1.54, 1.807) is 0 Å². The molecule has 0 aliphatic heterocycles. The van der Waals surface area contributed by atoms with Gasteiger partial charge in [0.05, 0.1) is 23.2 Å². The number of aromatic nitrogens is 1. The third-order valence-corrected chi connectivity index (χ3v) is 9.76. The summed E-state index contributed by atoms with van der Waals surface area (Å²) in [6.45, 7) is 3.66. The fraction of sp³-hybridized carbons (Fsp3) is 0.314. The summed E-state index contributed by atoms with van der Waals surface area (Å²) in [4.78, 5) is 16.2. The molecule has 1 aliphatic carbocycles. The quantitative estimate of drug-likeness (QED) is 0.157. The predicted molar refractivity (Wildman–Crippen MR) is 186 cm³/mol. The molecular weight excluding hydrogens is 596 g/mol. The summed E-state index contributed by atoms with van der Waals surface area (Å²) in [7, 11) is 0. The van der Waals surface area contributed by atoms with Crippen LogP contribution in [-0.4, -0.2) is 86.0 Å². The number of aliphatic hydroxyl groups is 1. The van der Waals surface area contributed by atoms with Crippen LogP contribution in [0.1, 0.15) is 72.7 Å². The van der Waals surface area contributed by atoms with Crippen molar-refractivity contribution in [1.29, 1.82) is 0 Å². The molecule has 5 rings (SSSR count). The van der Waals surface area contributed by atoms with Crippen LogP contribution in [0, 0.1) is 5.41 Å². The van der Waals surface area contributed by atoms with Gasteiger partial charge in [-0.1, -0.05) is 78.3 Å². The van der Waals surface area contributed by atoms with Crippen LogP contribution in [0.5, 0.6) is 0 Å². The molecule has 1 atom stereocenters. The second-order valence-corrected chi connectivity index (χ2v) is 13.3. The molecule has 43 heavy (non-hydrogen) atoms. The molecule has 0 unspecified atom stereocenters. The fourth-order valence-electron chi connectivity index (χ4n) is 5.36. The van der Waals surface area contributed by atoms with Gasteiger partial charge in [0.2, 0.25) is 0 Å². The Bertz CT molecular complexity index is 1580. The number of thioether (sulfide) groups is 1. The summed E-state index contributed by atoms with van der Waals surface area (Å²) >= 11 is 8.04. The number of halogens is 1. The van der Waals surface area contributed by atoms with Crippen LogP contribution in [-0.2, 0) is 16.8 Å². The molecule has 1 fully saturated rings. The monoisotopic (exact) mass is 633 g/mol. The van der Waals surface area contributed by atoms with Gasteiger partial charge < -0.3 is 10.2 Å². The van der Waals surface area contributed by atoms with Gasteiger partial charge in [-0.05, 0) is 91.5 Å². The van der Waals surface area contributed by atoms with Crippen molar-refractivity contribution in [3.05, 3.63) is 112 Å². The van der Waals surface area contributed by atoms with Gasteiger partial charge >= 0.3 is 65.1 Å². The van der Waals surface area contributed by atoms with Crippen molar-refractivity contribution in [1.82, 2.24) is 4.98 Å². The number of fused-ring (bicyclic) bond motifs is 1. The Morgan fingerprint density at radius 2 is 1.77 bits per heavy atom. The molecule has 2 N–H and O–H groups in total. The van der Waals surface area contributed by atoms with Gasteiger partial charge in [0, 0.05) is 21.4 Å². The number of aryl methyl sites for hydroxylation is 1. The molecule has 4 nitrogen and oxygen atoms in total. The number of aliphatic carboxylic acids is 1. The number of carboxylic acids is 1. The van der Waals surface area contributed by atoms with Crippen LogP contribution in [0.4, 0.5) is 0 Å². The van der Waals surface area contributed by atoms with E-state index in [0.717, 1.165) is 64.7 Å². The number of hydrogen-bond donors (Lipinski definition) is 2. The van der Waals surface area contributed by atoms with Crippen LogP contribution in [0.3, 0.4) is 0 Å². The standard InChI is InChI=1S/C35H36ClNO3S.2Na.2H/c1-34(2,40)30-9-4-3-7-25(30)13-17-32(41-23-35(18-19-35)22-33(38)39)27-8-5-6-24(20-27)10-15-29-16-12-26-11-14-28(36)21-31(26)37-29;;;;/h3-12,14-16,20-21,32,40H,13,17-19,22-23H2,1-2H3,(H,38,39);;;;/b15-10+;;;;/t32-;;;;/m1..../s1. The van der Waals surface area contributed by atoms with Crippen molar-refractivity contribution in [3.8, 4) is 0 Å². The van der Waals surface area contributed by atoms with Gasteiger partial charge in [0.25, 0.3) is 0 Å². The predicted octanol–water partition coefficient (Wildman–Crippen LogP) is 7.65. The molecule has 0 saturated heterocycles. The van der Waals surface area contributed by atoms with Crippen LogP contribution in [0.25, 0.3) is 23.1 Å². The van der Waals surface area contributed by atoms with Crippen molar-refractivity contribution < 1.29 is 15.0 Å². The maximum atomic E-state index is 11.5. The first-order chi connectivity index (χ1) is 19.6. The van der Waals surface area contributed by atoms with E-state index in [1.807, 2.05) is 74.1 Å². The summed E-state index contributed by atoms with van der Waals surface area (Å²) in [5.41, 5.74) is 5.15. The molecule has 8 heteroatoms. The van der Waals surface area contributed by atoms with Crippen molar-refractivity contribution >= 4 is 112 Å². The number of hydrogen-bond acceptors (Lipinski definition) is 4. The van der Waals surface area contributed by atoms with Crippen molar-refractivity contribution in [2.24, 2.45) is 5.41 Å². The molecular formula is C35H38ClNNa2O3S. The average molecular weight is 634 g/mol. The van der Waals surface area contributed by atoms with E-state index in [1.165, 1.54) is 5.56 Å². The van der Waals surface area contributed by atoms with E-state index in [9.17, 15) is 15.0 Å². The molecule has 0 amide bonds. The topological polar surface area (TPSA) is 70.4 Å². The minimum absolute atomic E-state index is 0. The summed E-state index contributed by atoms with van der Waals surface area (Å²) < 4.78 is 0. The van der Waals surface area contributed by atoms with E-state index < -0.39 is 11.6 Å². The van der Waals surface area contributed by atoms with E-state index in [2.05, 4.69) is 42.5 Å². The Balaban J connectivity index is 0.00000253. The zero-order chi connectivity index (χ0) is 29.0. The molecule has 1 aromatic heterocycles. The van der Waals surface area contributed by atoms with Crippen LogP contribution < -0.4 is 0 Å². The zero-order valence-electron chi connectivity index (χ0n) is 23.5. The Hall–Kier alpha value is -1.12. The molecule has 1 aliphatic rings. The second kappa shape index (κ2) is 15.9. The first-order valence-corrected chi connectivity index (χ1v) is 15.5. The summed E-state index contributed by atoms with van der Waals surface area (Å²) in [6.07, 6.45) is 8.02. The summed E-state index contributed by atoms with van der Waals surface area (Å²) in [6, 6.07) is 26.5. The normalized spacial score (nSPS) is 14.6. The number of nitrogens with zero attached hydrogens (tertiary/aromatic N) is 1. The Kier molecular flexibility index (Phi) is 13.5. The number of carboxylic acid groups (broad SMARTS) is 1. The van der Waals surface area contributed by atoms with E-state index in [-0.39, 0.29) is 76.2 Å². The summed E-state index contributed by atoms with van der Waals surface area (Å²) in [5, 5.41) is 22.1. The zero-order valence-corrected chi connectivity index (χ0v) is 25.1. The van der Waals surface area contributed by atoms with Gasteiger partial charge in [-0.25, -0.2) is 4.98 Å². The van der Waals surface area contributed by atoms with Crippen LogP contribution in [0.2, 0.25) is 5.02 Å². The Morgan fingerprint density at radius 1 is 1.02 bits per heavy atom. The molecule has 1 saturated carbocycles. The Morgan fingerprint density at radius 3 is 2.49 bits per heavy atom.